The van der Waals surface area contributed by atoms with E-state index < -0.39 is 5.82 Å². The Bertz CT molecular complexity index is 588. The van der Waals surface area contributed by atoms with E-state index in [4.69, 9.17) is 27.9 Å². The molecule has 0 spiro atoms. The third-order valence-corrected chi connectivity index (χ3v) is 3.29. The molecule has 0 radical (unpaired) electrons. The van der Waals surface area contributed by atoms with Gasteiger partial charge in [0.25, 0.3) is 0 Å². The van der Waals surface area contributed by atoms with Gasteiger partial charge in [-0.2, -0.15) is 0 Å². The fourth-order valence-electron chi connectivity index (χ4n) is 1.61. The van der Waals surface area contributed by atoms with Crippen LogP contribution in [0.5, 0.6) is 5.75 Å². The van der Waals surface area contributed by atoms with Gasteiger partial charge in [-0.1, -0.05) is 23.7 Å². The van der Waals surface area contributed by atoms with Crippen molar-refractivity contribution in [3.8, 4) is 5.75 Å². The first kappa shape index (κ1) is 14.1. The summed E-state index contributed by atoms with van der Waals surface area (Å²) in [5.41, 5.74) is 1.06. The number of hydrogen-bond acceptors (Lipinski definition) is 1. The number of alkyl halides is 1. The molecule has 0 fully saturated rings. The molecule has 1 nitrogen and oxygen atoms in total. The maximum absolute atomic E-state index is 13.2. The van der Waals surface area contributed by atoms with Gasteiger partial charge >= 0.3 is 0 Å². The monoisotopic (exact) mass is 302 g/mol. The highest BCUT2D eigenvalue weighted by Crippen LogP contribution is 2.25. The lowest BCUT2D eigenvalue weighted by atomic mass is 10.2. The summed E-state index contributed by atoms with van der Waals surface area (Å²) in [7, 11) is 0. The van der Waals surface area contributed by atoms with Crippen molar-refractivity contribution in [3.63, 3.8) is 0 Å². The Hall–Kier alpha value is -1.32. The Morgan fingerprint density at radius 3 is 2.58 bits per heavy atom. The van der Waals surface area contributed by atoms with Crippen molar-refractivity contribution in [3.05, 3.63) is 64.2 Å². The second-order valence-corrected chi connectivity index (χ2v) is 4.53. The molecule has 0 heterocycles. The van der Waals surface area contributed by atoms with Gasteiger partial charge in [-0.25, -0.2) is 8.78 Å². The average Bonchev–Trinajstić information content (AvgIpc) is 2.41. The van der Waals surface area contributed by atoms with Crippen LogP contribution in [0.3, 0.4) is 0 Å². The molecule has 0 N–H and O–H groups in total. The predicted molar refractivity (Wildman–Crippen MR) is 71.7 cm³/mol. The number of benzene rings is 2. The molecule has 0 atom stereocenters. The first-order chi connectivity index (χ1) is 9.11. The number of hydrogen-bond donors (Lipinski definition) is 0. The Morgan fingerprint density at radius 2 is 1.84 bits per heavy atom. The molecule has 0 aliphatic carbocycles. The molecule has 5 heteroatoms. The number of halogens is 4. The van der Waals surface area contributed by atoms with Crippen LogP contribution in [-0.2, 0) is 12.5 Å². The average molecular weight is 303 g/mol. The second kappa shape index (κ2) is 6.22. The van der Waals surface area contributed by atoms with E-state index in [1.165, 1.54) is 24.3 Å². The van der Waals surface area contributed by atoms with Gasteiger partial charge in [0.05, 0.1) is 10.9 Å². The Balaban J connectivity index is 2.17. The van der Waals surface area contributed by atoms with E-state index in [1.807, 2.05) is 0 Å². The molecule has 0 aromatic heterocycles. The predicted octanol–water partition coefficient (Wildman–Crippen LogP) is 4.94. The SMILES string of the molecule is Fc1ccc(OCc2cccc(F)c2Cl)c(CCl)c1. The van der Waals surface area contributed by atoms with Gasteiger partial charge in [-0.3, -0.25) is 0 Å². The Morgan fingerprint density at radius 1 is 1.05 bits per heavy atom. The highest BCUT2D eigenvalue weighted by molar-refractivity contribution is 6.31. The smallest absolute Gasteiger partial charge is 0.142 e. The Kier molecular flexibility index (Phi) is 4.61. The molecule has 0 aliphatic heterocycles. The summed E-state index contributed by atoms with van der Waals surface area (Å²) in [4.78, 5) is 0. The van der Waals surface area contributed by atoms with E-state index in [-0.39, 0.29) is 23.3 Å². The van der Waals surface area contributed by atoms with Crippen LogP contribution in [0.1, 0.15) is 11.1 Å². The molecule has 2 aromatic carbocycles. The molecule has 2 aromatic rings. The lowest BCUT2D eigenvalue weighted by Gasteiger charge is -2.11. The van der Waals surface area contributed by atoms with Gasteiger partial charge in [-0.15, -0.1) is 11.6 Å². The maximum atomic E-state index is 13.2. The van der Waals surface area contributed by atoms with E-state index in [1.54, 1.807) is 12.1 Å². The van der Waals surface area contributed by atoms with Gasteiger partial charge in [0.1, 0.15) is 24.0 Å². The van der Waals surface area contributed by atoms with Gasteiger partial charge in [-0.05, 0) is 24.3 Å². The first-order valence-electron chi connectivity index (χ1n) is 5.52. The van der Waals surface area contributed by atoms with E-state index in [0.717, 1.165) is 0 Å². The lowest BCUT2D eigenvalue weighted by molar-refractivity contribution is 0.302. The summed E-state index contributed by atoms with van der Waals surface area (Å²) in [5.74, 6) is -0.299. The van der Waals surface area contributed by atoms with Crippen molar-refractivity contribution in [1.82, 2.24) is 0 Å². The summed E-state index contributed by atoms with van der Waals surface area (Å²) in [6.45, 7) is 0.0894. The zero-order valence-electron chi connectivity index (χ0n) is 9.80. The summed E-state index contributed by atoms with van der Waals surface area (Å²) >= 11 is 11.5. The highest BCUT2D eigenvalue weighted by Gasteiger charge is 2.08. The van der Waals surface area contributed by atoms with Crippen LogP contribution in [0.2, 0.25) is 5.02 Å². The molecular formula is C14H10Cl2F2O. The van der Waals surface area contributed by atoms with Crippen LogP contribution in [0.15, 0.2) is 36.4 Å². The molecule has 0 saturated heterocycles. The topological polar surface area (TPSA) is 9.23 Å². The van der Waals surface area contributed by atoms with E-state index in [9.17, 15) is 8.78 Å². The third kappa shape index (κ3) is 3.37. The van der Waals surface area contributed by atoms with Crippen LogP contribution in [-0.4, -0.2) is 0 Å². The van der Waals surface area contributed by atoms with E-state index >= 15 is 0 Å². The lowest BCUT2D eigenvalue weighted by Crippen LogP contribution is -2.00. The van der Waals surface area contributed by atoms with Crippen molar-refractivity contribution < 1.29 is 13.5 Å². The van der Waals surface area contributed by atoms with Gasteiger partial charge in [0.2, 0.25) is 0 Å². The Labute approximate surface area is 119 Å². The molecule has 0 aliphatic rings. The summed E-state index contributed by atoms with van der Waals surface area (Å²) in [6.07, 6.45) is 0. The molecule has 0 unspecified atom stereocenters. The molecule has 0 amide bonds. The normalized spacial score (nSPS) is 10.5. The van der Waals surface area contributed by atoms with Gasteiger partial charge < -0.3 is 4.74 Å². The molecule has 0 saturated carbocycles. The van der Waals surface area contributed by atoms with Crippen molar-refractivity contribution in [2.45, 2.75) is 12.5 Å². The van der Waals surface area contributed by atoms with Gasteiger partial charge in [0.15, 0.2) is 0 Å². The molecule has 2 rings (SSSR count). The molecule has 100 valence electrons. The molecule has 0 bridgehead atoms. The minimum atomic E-state index is -0.501. The fraction of sp³-hybridized carbons (Fsp3) is 0.143. The largest absolute Gasteiger partial charge is 0.489 e. The van der Waals surface area contributed by atoms with E-state index in [0.29, 0.717) is 16.9 Å². The molecular weight excluding hydrogens is 293 g/mol. The van der Waals surface area contributed by atoms with E-state index in [2.05, 4.69) is 0 Å². The quantitative estimate of drug-likeness (QED) is 0.727. The van der Waals surface area contributed by atoms with Crippen molar-refractivity contribution in [2.24, 2.45) is 0 Å². The second-order valence-electron chi connectivity index (χ2n) is 3.89. The zero-order valence-corrected chi connectivity index (χ0v) is 11.3. The van der Waals surface area contributed by atoms with Crippen LogP contribution < -0.4 is 4.74 Å². The third-order valence-electron chi connectivity index (χ3n) is 2.58. The maximum Gasteiger partial charge on any atom is 0.142 e. The summed E-state index contributed by atoms with van der Waals surface area (Å²) in [6, 6.07) is 8.55. The highest BCUT2D eigenvalue weighted by atomic mass is 35.5. The first-order valence-corrected chi connectivity index (χ1v) is 6.43. The molecule has 19 heavy (non-hydrogen) atoms. The van der Waals surface area contributed by atoms with Crippen LogP contribution in [0.4, 0.5) is 8.78 Å². The van der Waals surface area contributed by atoms with Gasteiger partial charge in [0, 0.05) is 11.1 Å². The van der Waals surface area contributed by atoms with Crippen LogP contribution >= 0.6 is 23.2 Å². The standard InChI is InChI=1S/C14H10Cl2F2O/c15-7-10-6-11(17)4-5-13(10)19-8-9-2-1-3-12(18)14(9)16/h1-6H,7-8H2. The summed E-state index contributed by atoms with van der Waals surface area (Å²) < 4.78 is 31.8. The summed E-state index contributed by atoms with van der Waals surface area (Å²) in [5, 5.41) is 0.0250. The van der Waals surface area contributed by atoms with Crippen molar-refractivity contribution in [1.29, 1.82) is 0 Å². The minimum Gasteiger partial charge on any atom is -0.489 e. The van der Waals surface area contributed by atoms with Crippen molar-refractivity contribution in [2.75, 3.05) is 0 Å². The van der Waals surface area contributed by atoms with Crippen LogP contribution in [0, 0.1) is 11.6 Å². The fourth-order valence-corrected chi connectivity index (χ4v) is 2.00. The number of ether oxygens (including phenoxy) is 1. The zero-order chi connectivity index (χ0) is 13.8. The number of rotatable bonds is 4. The minimum absolute atomic E-state index is 0.0250. The van der Waals surface area contributed by atoms with Crippen molar-refractivity contribution >= 4 is 23.2 Å². The van der Waals surface area contributed by atoms with Crippen LogP contribution in [0.25, 0.3) is 0 Å².